The lowest BCUT2D eigenvalue weighted by atomic mass is 9.96. The van der Waals surface area contributed by atoms with Crippen molar-refractivity contribution in [3.63, 3.8) is 0 Å². The monoisotopic (exact) mass is 393 g/mol. The van der Waals surface area contributed by atoms with Gasteiger partial charge in [-0.25, -0.2) is 0 Å². The highest BCUT2D eigenvalue weighted by Crippen LogP contribution is 2.22. The summed E-state index contributed by atoms with van der Waals surface area (Å²) in [4.78, 5) is 25.3. The van der Waals surface area contributed by atoms with Crippen LogP contribution in [0.15, 0.2) is 54.6 Å². The molecule has 0 spiro atoms. The number of rotatable bonds is 8. The van der Waals surface area contributed by atoms with Crippen molar-refractivity contribution in [2.75, 3.05) is 11.9 Å². The summed E-state index contributed by atoms with van der Waals surface area (Å²) in [5, 5.41) is 9.34. The average molecular weight is 394 g/mol. The molecule has 2 amide bonds. The van der Waals surface area contributed by atoms with Crippen LogP contribution in [-0.4, -0.2) is 24.4 Å². The van der Waals surface area contributed by atoms with Gasteiger partial charge in [0.1, 0.15) is 0 Å². The van der Waals surface area contributed by atoms with Crippen molar-refractivity contribution in [1.29, 1.82) is 0 Å². The predicted molar refractivity (Wildman–Crippen MR) is 117 cm³/mol. The standard InChI is InChI=1S/C24H31N3O2/c1-17(2)23(18-10-4-3-5-11-18)25-16-22(28)27-21-15-9-8-14-20(21)24(29)26-19-12-6-7-13-19/h3-5,8-11,14-15,17,19,23,25H,6-7,12-13,16H2,1-2H3,(H,26,29)(H,27,28)/t23-/m0/s1. The summed E-state index contributed by atoms with van der Waals surface area (Å²) in [6, 6.07) is 17.6. The number of carbonyl (C=O) groups excluding carboxylic acids is 2. The second kappa shape index (κ2) is 10.2. The third kappa shape index (κ3) is 5.91. The highest BCUT2D eigenvalue weighted by molar-refractivity contribution is 6.04. The van der Waals surface area contributed by atoms with Gasteiger partial charge in [0, 0.05) is 12.1 Å². The van der Waals surface area contributed by atoms with Crippen LogP contribution in [0, 0.1) is 5.92 Å². The summed E-state index contributed by atoms with van der Waals surface area (Å²) >= 11 is 0. The Balaban J connectivity index is 1.61. The fourth-order valence-electron chi connectivity index (χ4n) is 3.92. The van der Waals surface area contributed by atoms with Crippen molar-refractivity contribution in [2.24, 2.45) is 5.92 Å². The predicted octanol–water partition coefficient (Wildman–Crippen LogP) is 4.28. The van der Waals surface area contributed by atoms with Crippen molar-refractivity contribution in [3.8, 4) is 0 Å². The number of para-hydroxylation sites is 1. The van der Waals surface area contributed by atoms with Crippen LogP contribution in [0.5, 0.6) is 0 Å². The molecule has 3 N–H and O–H groups in total. The molecule has 1 aliphatic carbocycles. The maximum Gasteiger partial charge on any atom is 0.253 e. The number of nitrogens with one attached hydrogen (secondary N) is 3. The number of hydrogen-bond acceptors (Lipinski definition) is 3. The van der Waals surface area contributed by atoms with Crippen LogP contribution < -0.4 is 16.0 Å². The number of amides is 2. The zero-order chi connectivity index (χ0) is 20.6. The molecular formula is C24H31N3O2. The van der Waals surface area contributed by atoms with E-state index < -0.39 is 0 Å². The Bertz CT molecular complexity index is 814. The molecule has 29 heavy (non-hydrogen) atoms. The van der Waals surface area contributed by atoms with Gasteiger partial charge in [-0.3, -0.25) is 9.59 Å². The van der Waals surface area contributed by atoms with Gasteiger partial charge in [-0.05, 0) is 36.5 Å². The molecule has 1 atom stereocenters. The van der Waals surface area contributed by atoms with Gasteiger partial charge in [-0.1, -0.05) is 69.2 Å². The van der Waals surface area contributed by atoms with E-state index in [2.05, 4.69) is 41.9 Å². The Morgan fingerprint density at radius 2 is 1.62 bits per heavy atom. The van der Waals surface area contributed by atoms with Crippen LogP contribution in [-0.2, 0) is 4.79 Å². The summed E-state index contributed by atoms with van der Waals surface area (Å²) in [6.07, 6.45) is 4.38. The molecule has 0 unspecified atom stereocenters. The quantitative estimate of drug-likeness (QED) is 0.627. The molecule has 5 heteroatoms. The molecule has 0 saturated heterocycles. The van der Waals surface area contributed by atoms with Crippen LogP contribution in [0.2, 0.25) is 0 Å². The zero-order valence-corrected chi connectivity index (χ0v) is 17.3. The minimum Gasteiger partial charge on any atom is -0.349 e. The van der Waals surface area contributed by atoms with E-state index in [4.69, 9.17) is 0 Å². The summed E-state index contributed by atoms with van der Waals surface area (Å²) in [6.45, 7) is 4.44. The van der Waals surface area contributed by atoms with Crippen molar-refractivity contribution in [2.45, 2.75) is 51.6 Å². The molecule has 2 aromatic rings. The Morgan fingerprint density at radius 3 is 2.31 bits per heavy atom. The summed E-state index contributed by atoms with van der Waals surface area (Å²) in [5.41, 5.74) is 2.22. The van der Waals surface area contributed by atoms with Crippen LogP contribution in [0.25, 0.3) is 0 Å². The Kier molecular flexibility index (Phi) is 7.42. The number of carbonyl (C=O) groups is 2. The summed E-state index contributed by atoms with van der Waals surface area (Å²) in [5.74, 6) is 0.0625. The van der Waals surface area contributed by atoms with Crippen LogP contribution in [0.4, 0.5) is 5.69 Å². The molecule has 5 nitrogen and oxygen atoms in total. The van der Waals surface area contributed by atoms with E-state index in [0.717, 1.165) is 31.2 Å². The first-order chi connectivity index (χ1) is 14.0. The molecule has 0 heterocycles. The van der Waals surface area contributed by atoms with Gasteiger partial charge in [0.25, 0.3) is 5.91 Å². The highest BCUT2D eigenvalue weighted by atomic mass is 16.2. The molecule has 1 fully saturated rings. The van der Waals surface area contributed by atoms with Crippen LogP contribution in [0.3, 0.4) is 0 Å². The lowest BCUT2D eigenvalue weighted by molar-refractivity contribution is -0.115. The summed E-state index contributed by atoms with van der Waals surface area (Å²) in [7, 11) is 0. The van der Waals surface area contributed by atoms with E-state index in [-0.39, 0.29) is 30.4 Å². The van der Waals surface area contributed by atoms with E-state index >= 15 is 0 Å². The lowest BCUT2D eigenvalue weighted by Gasteiger charge is -2.23. The van der Waals surface area contributed by atoms with E-state index in [1.54, 1.807) is 12.1 Å². The fraction of sp³-hybridized carbons (Fsp3) is 0.417. The van der Waals surface area contributed by atoms with Crippen LogP contribution >= 0.6 is 0 Å². The average Bonchev–Trinajstić information content (AvgIpc) is 3.22. The molecule has 0 aromatic heterocycles. The molecule has 0 bridgehead atoms. The number of hydrogen-bond donors (Lipinski definition) is 3. The van der Waals surface area contributed by atoms with Crippen molar-refractivity contribution in [3.05, 3.63) is 65.7 Å². The molecule has 1 aliphatic rings. The lowest BCUT2D eigenvalue weighted by Crippen LogP contribution is -2.35. The zero-order valence-electron chi connectivity index (χ0n) is 17.3. The highest BCUT2D eigenvalue weighted by Gasteiger charge is 2.21. The molecule has 154 valence electrons. The van der Waals surface area contributed by atoms with Crippen molar-refractivity contribution < 1.29 is 9.59 Å². The van der Waals surface area contributed by atoms with Gasteiger partial charge in [-0.15, -0.1) is 0 Å². The molecule has 3 rings (SSSR count). The topological polar surface area (TPSA) is 70.2 Å². The molecule has 0 aliphatic heterocycles. The Morgan fingerprint density at radius 1 is 0.966 bits per heavy atom. The smallest absolute Gasteiger partial charge is 0.253 e. The van der Waals surface area contributed by atoms with Gasteiger partial charge in [0.15, 0.2) is 0 Å². The van der Waals surface area contributed by atoms with E-state index in [1.165, 1.54) is 0 Å². The van der Waals surface area contributed by atoms with Gasteiger partial charge in [-0.2, -0.15) is 0 Å². The first-order valence-electron chi connectivity index (χ1n) is 10.5. The largest absolute Gasteiger partial charge is 0.349 e. The molecule has 2 aromatic carbocycles. The van der Waals surface area contributed by atoms with Crippen molar-refractivity contribution >= 4 is 17.5 Å². The Labute approximate surface area is 173 Å². The van der Waals surface area contributed by atoms with Crippen molar-refractivity contribution in [1.82, 2.24) is 10.6 Å². The summed E-state index contributed by atoms with van der Waals surface area (Å²) < 4.78 is 0. The number of benzene rings is 2. The first kappa shape index (κ1) is 21.1. The van der Waals surface area contributed by atoms with Gasteiger partial charge in [0.05, 0.1) is 17.8 Å². The number of anilines is 1. The third-order valence-corrected chi connectivity index (χ3v) is 5.44. The molecule has 1 saturated carbocycles. The second-order valence-electron chi connectivity index (χ2n) is 8.06. The maximum atomic E-state index is 12.7. The van der Waals surface area contributed by atoms with E-state index in [9.17, 15) is 9.59 Å². The van der Waals surface area contributed by atoms with Gasteiger partial charge >= 0.3 is 0 Å². The Hall–Kier alpha value is -2.66. The van der Waals surface area contributed by atoms with Gasteiger partial charge < -0.3 is 16.0 Å². The molecule has 0 radical (unpaired) electrons. The second-order valence-corrected chi connectivity index (χ2v) is 8.06. The first-order valence-corrected chi connectivity index (χ1v) is 10.5. The molecular weight excluding hydrogens is 362 g/mol. The minimum absolute atomic E-state index is 0.0860. The van der Waals surface area contributed by atoms with E-state index in [1.807, 2.05) is 30.3 Å². The maximum absolute atomic E-state index is 12.7. The van der Waals surface area contributed by atoms with Crippen LogP contribution in [0.1, 0.15) is 61.5 Å². The minimum atomic E-state index is -0.160. The normalized spacial score (nSPS) is 15.3. The fourth-order valence-corrected chi connectivity index (χ4v) is 3.92. The van der Waals surface area contributed by atoms with E-state index in [0.29, 0.717) is 17.2 Å². The third-order valence-electron chi connectivity index (χ3n) is 5.44. The van der Waals surface area contributed by atoms with Gasteiger partial charge in [0.2, 0.25) is 5.91 Å². The SMILES string of the molecule is CC(C)[C@H](NCC(=O)Nc1ccccc1C(=O)NC1CCCC1)c1ccccc1.